The molecule has 0 radical (unpaired) electrons. The molecule has 0 aliphatic rings. The molecule has 3 aromatic carbocycles. The fourth-order valence-electron chi connectivity index (χ4n) is 2.81. The lowest BCUT2D eigenvalue weighted by Crippen LogP contribution is -2.20. The van der Waals surface area contributed by atoms with Crippen LogP contribution in [0.3, 0.4) is 0 Å². The van der Waals surface area contributed by atoms with E-state index in [1.54, 1.807) is 0 Å². The minimum Gasteiger partial charge on any atom is -0.485 e. The molecule has 3 rings (SSSR count). The van der Waals surface area contributed by atoms with Crippen LogP contribution in [-0.4, -0.2) is 24.4 Å². The fraction of sp³-hybridized carbons (Fsp3) is 0.208. The van der Waals surface area contributed by atoms with Gasteiger partial charge in [0.2, 0.25) is 0 Å². The first-order valence-corrected chi connectivity index (χ1v) is 9.73. The van der Waals surface area contributed by atoms with Crippen molar-refractivity contribution >= 4 is 6.16 Å². The molecule has 2 N–H and O–H groups in total. The number of carboxylic acid groups (broad SMARTS) is 1. The first-order valence-electron chi connectivity index (χ1n) is 9.73. The van der Waals surface area contributed by atoms with Crippen molar-refractivity contribution in [2.75, 3.05) is 13.2 Å². The van der Waals surface area contributed by atoms with Gasteiger partial charge in [-0.25, -0.2) is 4.79 Å². The van der Waals surface area contributed by atoms with Gasteiger partial charge >= 0.3 is 6.16 Å². The van der Waals surface area contributed by atoms with Crippen molar-refractivity contribution in [3.05, 3.63) is 95.6 Å². The van der Waals surface area contributed by atoms with Crippen LogP contribution < -0.4 is 14.8 Å². The molecule has 0 saturated carbocycles. The Kier molecular flexibility index (Phi) is 8.12. The molecular formula is C24H25NO5. The highest BCUT2D eigenvalue weighted by atomic mass is 16.7. The maximum Gasteiger partial charge on any atom is 0.505 e. The van der Waals surface area contributed by atoms with E-state index in [0.717, 1.165) is 16.7 Å². The monoisotopic (exact) mass is 407 g/mol. The van der Waals surface area contributed by atoms with E-state index in [1.807, 2.05) is 78.9 Å². The molecule has 0 spiro atoms. The van der Waals surface area contributed by atoms with Gasteiger partial charge in [0.15, 0.2) is 11.5 Å². The number of nitrogens with one attached hydrogen (secondary N) is 1. The van der Waals surface area contributed by atoms with Gasteiger partial charge in [0, 0.05) is 13.1 Å². The highest BCUT2D eigenvalue weighted by molar-refractivity contribution is 5.56. The van der Waals surface area contributed by atoms with Gasteiger partial charge in [0.05, 0.1) is 0 Å². The Morgan fingerprint density at radius 1 is 0.767 bits per heavy atom. The second-order valence-corrected chi connectivity index (χ2v) is 6.62. The standard InChI is InChI=1S/C24H25NO5/c26-24(27)28-14-13-25-16-21-11-12-22(29-17-19-7-3-1-4-8-19)23(15-21)30-18-20-9-5-2-6-10-20/h1-12,15,25H,13-14,16-18H2,(H,26,27). The van der Waals surface area contributed by atoms with Crippen LogP contribution in [0.25, 0.3) is 0 Å². The number of benzene rings is 3. The summed E-state index contributed by atoms with van der Waals surface area (Å²) in [6.45, 7) is 1.98. The van der Waals surface area contributed by atoms with Crippen molar-refractivity contribution < 1.29 is 24.1 Å². The first kappa shape index (κ1) is 21.2. The largest absolute Gasteiger partial charge is 0.505 e. The minimum atomic E-state index is -1.27. The summed E-state index contributed by atoms with van der Waals surface area (Å²) < 4.78 is 16.6. The second kappa shape index (κ2) is 11.5. The summed E-state index contributed by atoms with van der Waals surface area (Å²) in [7, 11) is 0. The van der Waals surface area contributed by atoms with Gasteiger partial charge in [-0.3, -0.25) is 0 Å². The fourth-order valence-corrected chi connectivity index (χ4v) is 2.81. The van der Waals surface area contributed by atoms with Crippen LogP contribution in [0.15, 0.2) is 78.9 Å². The molecule has 30 heavy (non-hydrogen) atoms. The van der Waals surface area contributed by atoms with Crippen LogP contribution in [0, 0.1) is 0 Å². The Hall–Kier alpha value is -3.51. The van der Waals surface area contributed by atoms with E-state index >= 15 is 0 Å². The molecule has 6 nitrogen and oxygen atoms in total. The zero-order chi connectivity index (χ0) is 21.0. The smallest absolute Gasteiger partial charge is 0.485 e. The normalized spacial score (nSPS) is 10.4. The molecule has 0 aromatic heterocycles. The third-order valence-electron chi connectivity index (χ3n) is 4.32. The van der Waals surface area contributed by atoms with E-state index in [4.69, 9.17) is 14.6 Å². The van der Waals surface area contributed by atoms with Crippen molar-refractivity contribution in [2.45, 2.75) is 19.8 Å². The Labute approximate surface area is 176 Å². The van der Waals surface area contributed by atoms with E-state index in [2.05, 4.69) is 10.1 Å². The van der Waals surface area contributed by atoms with Crippen LogP contribution in [0.5, 0.6) is 11.5 Å². The predicted molar refractivity (Wildman–Crippen MR) is 114 cm³/mol. The van der Waals surface area contributed by atoms with E-state index in [9.17, 15) is 4.79 Å². The van der Waals surface area contributed by atoms with Gasteiger partial charge < -0.3 is 24.6 Å². The first-order chi connectivity index (χ1) is 14.7. The Morgan fingerprint density at radius 2 is 1.37 bits per heavy atom. The molecule has 0 aliphatic carbocycles. The second-order valence-electron chi connectivity index (χ2n) is 6.62. The number of hydrogen-bond donors (Lipinski definition) is 2. The van der Waals surface area contributed by atoms with Gasteiger partial charge in [-0.2, -0.15) is 0 Å². The summed E-state index contributed by atoms with van der Waals surface area (Å²) in [5.41, 5.74) is 3.15. The topological polar surface area (TPSA) is 77.0 Å². The van der Waals surface area contributed by atoms with Crippen LogP contribution in [0.4, 0.5) is 4.79 Å². The van der Waals surface area contributed by atoms with Gasteiger partial charge in [-0.15, -0.1) is 0 Å². The molecule has 0 atom stereocenters. The van der Waals surface area contributed by atoms with E-state index in [-0.39, 0.29) is 6.61 Å². The van der Waals surface area contributed by atoms with Crippen LogP contribution in [0.1, 0.15) is 16.7 Å². The molecule has 0 aliphatic heterocycles. The highest BCUT2D eigenvalue weighted by Crippen LogP contribution is 2.30. The summed E-state index contributed by atoms with van der Waals surface area (Å²) >= 11 is 0. The van der Waals surface area contributed by atoms with Gasteiger partial charge in [0.25, 0.3) is 0 Å². The SMILES string of the molecule is O=C(O)OCCNCc1ccc(OCc2ccccc2)c(OCc2ccccc2)c1. The summed E-state index contributed by atoms with van der Waals surface area (Å²) in [4.78, 5) is 10.4. The van der Waals surface area contributed by atoms with Crippen LogP contribution in [0.2, 0.25) is 0 Å². The van der Waals surface area contributed by atoms with Gasteiger partial charge in [0.1, 0.15) is 19.8 Å². The zero-order valence-corrected chi connectivity index (χ0v) is 16.6. The molecule has 156 valence electrons. The molecule has 0 amide bonds. The quantitative estimate of drug-likeness (QED) is 0.357. The molecule has 6 heteroatoms. The number of rotatable bonds is 11. The Morgan fingerprint density at radius 3 is 1.97 bits per heavy atom. The van der Waals surface area contributed by atoms with Crippen molar-refractivity contribution in [3.63, 3.8) is 0 Å². The lowest BCUT2D eigenvalue weighted by Gasteiger charge is -2.15. The van der Waals surface area contributed by atoms with Crippen LogP contribution in [-0.2, 0) is 24.5 Å². The third kappa shape index (κ3) is 7.14. The van der Waals surface area contributed by atoms with Crippen molar-refractivity contribution in [2.24, 2.45) is 0 Å². The summed E-state index contributed by atoms with van der Waals surface area (Å²) in [5, 5.41) is 11.7. The van der Waals surface area contributed by atoms with Crippen LogP contribution >= 0.6 is 0 Å². The van der Waals surface area contributed by atoms with Gasteiger partial charge in [-0.1, -0.05) is 66.7 Å². The van der Waals surface area contributed by atoms with Crippen molar-refractivity contribution in [1.82, 2.24) is 5.32 Å². The lowest BCUT2D eigenvalue weighted by atomic mass is 10.2. The minimum absolute atomic E-state index is 0.102. The van der Waals surface area contributed by atoms with E-state index in [0.29, 0.717) is 37.8 Å². The maximum atomic E-state index is 10.4. The van der Waals surface area contributed by atoms with Crippen molar-refractivity contribution in [1.29, 1.82) is 0 Å². The lowest BCUT2D eigenvalue weighted by molar-refractivity contribution is 0.0923. The molecule has 0 heterocycles. The molecule has 0 bridgehead atoms. The van der Waals surface area contributed by atoms with Gasteiger partial charge in [-0.05, 0) is 28.8 Å². The zero-order valence-electron chi connectivity index (χ0n) is 16.6. The summed E-state index contributed by atoms with van der Waals surface area (Å²) in [6, 6.07) is 25.7. The molecule has 0 fully saturated rings. The van der Waals surface area contributed by atoms with E-state index < -0.39 is 6.16 Å². The van der Waals surface area contributed by atoms with Crippen molar-refractivity contribution in [3.8, 4) is 11.5 Å². The summed E-state index contributed by atoms with van der Waals surface area (Å²) in [5.74, 6) is 1.34. The average Bonchev–Trinajstić information content (AvgIpc) is 2.78. The highest BCUT2D eigenvalue weighted by Gasteiger charge is 2.08. The Balaban J connectivity index is 1.64. The molecule has 3 aromatic rings. The number of hydrogen-bond acceptors (Lipinski definition) is 5. The third-order valence-corrected chi connectivity index (χ3v) is 4.32. The number of carbonyl (C=O) groups is 1. The molecular weight excluding hydrogens is 382 g/mol. The Bertz CT molecular complexity index is 915. The maximum absolute atomic E-state index is 10.4. The van der Waals surface area contributed by atoms with E-state index in [1.165, 1.54) is 0 Å². The molecule has 0 unspecified atom stereocenters. The number of ether oxygens (including phenoxy) is 3. The summed E-state index contributed by atoms with van der Waals surface area (Å²) in [6.07, 6.45) is -1.27. The molecule has 0 saturated heterocycles. The predicted octanol–water partition coefficient (Wildman–Crippen LogP) is 4.63. The average molecular weight is 407 g/mol.